The van der Waals surface area contributed by atoms with Crippen LogP contribution in [0.4, 0.5) is 10.5 Å². The molecule has 124 valence electrons. The number of hydrogen-bond acceptors (Lipinski definition) is 2. The summed E-state index contributed by atoms with van der Waals surface area (Å²) in [5.74, 6) is -1.12. The molecular weight excluding hydrogens is 304 g/mol. The van der Waals surface area contributed by atoms with Crippen molar-refractivity contribution in [2.75, 3.05) is 5.32 Å². The van der Waals surface area contributed by atoms with Crippen LogP contribution >= 0.6 is 0 Å². The van der Waals surface area contributed by atoms with Crippen LogP contribution in [0.15, 0.2) is 48.5 Å². The smallest absolute Gasteiger partial charge is 0.319 e. The first kappa shape index (κ1) is 16.1. The normalized spacial score (nSPS) is 19.2. The first-order chi connectivity index (χ1) is 11.5. The fraction of sp³-hybridized carbons (Fsp3) is 0.263. The zero-order chi connectivity index (χ0) is 17.1. The lowest BCUT2D eigenvalue weighted by atomic mass is 9.80. The average molecular weight is 324 g/mol. The number of benzene rings is 2. The molecule has 0 unspecified atom stereocenters. The molecule has 2 aromatic carbocycles. The van der Waals surface area contributed by atoms with Gasteiger partial charge in [0.1, 0.15) is 0 Å². The average Bonchev–Trinajstić information content (AvgIpc) is 2.53. The predicted octanol–water partition coefficient (Wildman–Crippen LogP) is 3.65. The number of urea groups is 1. The second-order valence-corrected chi connectivity index (χ2v) is 6.20. The number of carboxylic acids is 1. The number of hydrogen-bond donors (Lipinski definition) is 3. The number of aliphatic carboxylic acids is 1. The van der Waals surface area contributed by atoms with Gasteiger partial charge in [0.15, 0.2) is 0 Å². The zero-order valence-corrected chi connectivity index (χ0v) is 13.5. The number of carbonyl (C=O) groups is 2. The molecule has 0 atom stereocenters. The van der Waals surface area contributed by atoms with Crippen LogP contribution < -0.4 is 10.6 Å². The second kappa shape index (κ2) is 6.74. The topological polar surface area (TPSA) is 78.4 Å². The predicted molar refractivity (Wildman–Crippen MR) is 92.9 cm³/mol. The van der Waals surface area contributed by atoms with Crippen LogP contribution in [0.1, 0.15) is 18.4 Å². The molecule has 0 bridgehead atoms. The lowest BCUT2D eigenvalue weighted by Gasteiger charge is -2.32. The Morgan fingerprint density at radius 1 is 1.04 bits per heavy atom. The first-order valence-electron chi connectivity index (χ1n) is 7.99. The minimum absolute atomic E-state index is 0.0602. The third kappa shape index (κ3) is 3.56. The lowest BCUT2D eigenvalue weighted by molar-refractivity contribution is -0.145. The maximum absolute atomic E-state index is 12.0. The Kier molecular flexibility index (Phi) is 4.51. The van der Waals surface area contributed by atoms with Gasteiger partial charge in [0.2, 0.25) is 0 Å². The largest absolute Gasteiger partial charge is 0.481 e. The summed E-state index contributed by atoms with van der Waals surface area (Å²) in [6, 6.07) is 15.6. The Hall–Kier alpha value is -2.82. The van der Waals surface area contributed by atoms with Gasteiger partial charge < -0.3 is 15.7 Å². The fourth-order valence-electron chi connectivity index (χ4n) is 2.90. The summed E-state index contributed by atoms with van der Waals surface area (Å²) < 4.78 is 0. The van der Waals surface area contributed by atoms with Crippen LogP contribution in [0.25, 0.3) is 11.1 Å². The van der Waals surface area contributed by atoms with Gasteiger partial charge in [0.05, 0.1) is 5.92 Å². The van der Waals surface area contributed by atoms with E-state index >= 15 is 0 Å². The summed E-state index contributed by atoms with van der Waals surface area (Å²) in [7, 11) is 0. The molecule has 0 saturated heterocycles. The van der Waals surface area contributed by atoms with E-state index in [9.17, 15) is 9.59 Å². The highest BCUT2D eigenvalue weighted by Gasteiger charge is 2.35. The maximum Gasteiger partial charge on any atom is 0.319 e. The van der Waals surface area contributed by atoms with Crippen LogP contribution in [0, 0.1) is 12.8 Å². The molecule has 5 heteroatoms. The molecule has 1 aliphatic rings. The molecule has 1 fully saturated rings. The number of aryl methyl sites for hydroxylation is 1. The highest BCUT2D eigenvalue weighted by molar-refractivity contribution is 5.91. The van der Waals surface area contributed by atoms with E-state index < -0.39 is 5.97 Å². The number of carboxylic acid groups (broad SMARTS) is 1. The molecule has 2 aromatic rings. The van der Waals surface area contributed by atoms with Gasteiger partial charge in [-0.3, -0.25) is 4.79 Å². The summed E-state index contributed by atoms with van der Waals surface area (Å²) >= 11 is 0. The third-order valence-electron chi connectivity index (χ3n) is 4.40. The molecule has 5 nitrogen and oxygen atoms in total. The lowest BCUT2D eigenvalue weighted by Crippen LogP contribution is -2.48. The van der Waals surface area contributed by atoms with E-state index in [4.69, 9.17) is 5.11 Å². The molecule has 0 aromatic heterocycles. The van der Waals surface area contributed by atoms with Gasteiger partial charge in [-0.2, -0.15) is 0 Å². The van der Waals surface area contributed by atoms with Gasteiger partial charge in [-0.05, 0) is 48.6 Å². The highest BCUT2D eigenvalue weighted by atomic mass is 16.4. The Labute approximate surface area is 140 Å². The standard InChI is InChI=1S/C19H20N2O3/c1-12-9-14(13-5-3-2-4-6-13)7-8-17(12)21-19(24)20-16-10-15(11-16)18(22)23/h2-9,15-16H,10-11H2,1H3,(H,22,23)(H2,20,21,24). The van der Waals surface area contributed by atoms with Gasteiger partial charge in [0.25, 0.3) is 0 Å². The second-order valence-electron chi connectivity index (χ2n) is 6.20. The molecule has 2 amide bonds. The number of carbonyl (C=O) groups excluding carboxylic acids is 1. The quantitative estimate of drug-likeness (QED) is 0.803. The SMILES string of the molecule is Cc1cc(-c2ccccc2)ccc1NC(=O)NC1CC(C(=O)O)C1. The van der Waals surface area contributed by atoms with E-state index in [2.05, 4.69) is 10.6 Å². The van der Waals surface area contributed by atoms with Crippen molar-refractivity contribution in [3.05, 3.63) is 54.1 Å². The molecule has 24 heavy (non-hydrogen) atoms. The molecular formula is C19H20N2O3. The van der Waals surface area contributed by atoms with E-state index in [0.29, 0.717) is 12.8 Å². The van der Waals surface area contributed by atoms with Gasteiger partial charge in [-0.1, -0.05) is 36.4 Å². The van der Waals surface area contributed by atoms with Crippen LogP contribution in [0.2, 0.25) is 0 Å². The molecule has 1 aliphatic carbocycles. The number of rotatable bonds is 4. The van der Waals surface area contributed by atoms with E-state index in [0.717, 1.165) is 22.4 Å². The van der Waals surface area contributed by atoms with Crippen molar-refractivity contribution in [2.45, 2.75) is 25.8 Å². The highest BCUT2D eigenvalue weighted by Crippen LogP contribution is 2.28. The molecule has 3 N–H and O–H groups in total. The summed E-state index contributed by atoms with van der Waals surface area (Å²) in [5.41, 5.74) is 3.96. The van der Waals surface area contributed by atoms with Crippen molar-refractivity contribution < 1.29 is 14.7 Å². The minimum atomic E-state index is -0.791. The Bertz CT molecular complexity index is 752. The van der Waals surface area contributed by atoms with Gasteiger partial charge in [0, 0.05) is 11.7 Å². The van der Waals surface area contributed by atoms with Crippen molar-refractivity contribution in [3.63, 3.8) is 0 Å². The van der Waals surface area contributed by atoms with Crippen molar-refractivity contribution in [1.29, 1.82) is 0 Å². The minimum Gasteiger partial charge on any atom is -0.481 e. The van der Waals surface area contributed by atoms with Crippen molar-refractivity contribution >= 4 is 17.7 Å². The van der Waals surface area contributed by atoms with Crippen molar-refractivity contribution in [1.82, 2.24) is 5.32 Å². The molecule has 1 saturated carbocycles. The summed E-state index contributed by atoms with van der Waals surface area (Å²) in [6.07, 6.45) is 0.989. The van der Waals surface area contributed by atoms with Gasteiger partial charge in [-0.25, -0.2) is 4.79 Å². The maximum atomic E-state index is 12.0. The first-order valence-corrected chi connectivity index (χ1v) is 7.99. The van der Waals surface area contributed by atoms with Gasteiger partial charge in [-0.15, -0.1) is 0 Å². The summed E-state index contributed by atoms with van der Waals surface area (Å²) in [6.45, 7) is 1.95. The van der Waals surface area contributed by atoms with Crippen LogP contribution in [-0.2, 0) is 4.79 Å². The van der Waals surface area contributed by atoms with Crippen LogP contribution in [0.3, 0.4) is 0 Å². The molecule has 0 aliphatic heterocycles. The molecule has 0 radical (unpaired) electrons. The molecule has 3 rings (SSSR count). The number of anilines is 1. The van der Waals surface area contributed by atoms with Crippen molar-refractivity contribution in [3.8, 4) is 11.1 Å². The van der Waals surface area contributed by atoms with E-state index in [1.54, 1.807) is 0 Å². The molecule has 0 heterocycles. The number of amides is 2. The zero-order valence-electron chi connectivity index (χ0n) is 13.5. The monoisotopic (exact) mass is 324 g/mol. The van der Waals surface area contributed by atoms with Crippen molar-refractivity contribution in [2.24, 2.45) is 5.92 Å². The van der Waals surface area contributed by atoms with E-state index in [-0.39, 0.29) is 18.0 Å². The van der Waals surface area contributed by atoms with Gasteiger partial charge >= 0.3 is 12.0 Å². The third-order valence-corrected chi connectivity index (χ3v) is 4.40. The number of nitrogens with one attached hydrogen (secondary N) is 2. The Morgan fingerprint density at radius 2 is 1.75 bits per heavy atom. The van der Waals surface area contributed by atoms with Crippen LogP contribution in [0.5, 0.6) is 0 Å². The molecule has 0 spiro atoms. The summed E-state index contributed by atoms with van der Waals surface area (Å²) in [5, 5.41) is 14.5. The fourth-order valence-corrected chi connectivity index (χ4v) is 2.90. The summed E-state index contributed by atoms with van der Waals surface area (Å²) in [4.78, 5) is 22.8. The van der Waals surface area contributed by atoms with E-state index in [1.165, 1.54) is 0 Å². The Morgan fingerprint density at radius 3 is 2.38 bits per heavy atom. The van der Waals surface area contributed by atoms with E-state index in [1.807, 2.05) is 55.5 Å². The Balaban J connectivity index is 1.59. The van der Waals surface area contributed by atoms with Crippen LogP contribution in [-0.4, -0.2) is 23.1 Å².